The number of aliphatic carboxylic acids is 3. The van der Waals surface area contributed by atoms with Crippen LogP contribution in [0.25, 0.3) is 33.4 Å². The second-order valence-electron chi connectivity index (χ2n) is 21.3. The van der Waals surface area contributed by atoms with Crippen LogP contribution in [0, 0.1) is 17.3 Å². The molecule has 0 saturated heterocycles. The van der Waals surface area contributed by atoms with Gasteiger partial charge in [-0.3, -0.25) is 28.8 Å². The predicted octanol–water partition coefficient (Wildman–Crippen LogP) is 14.0. The lowest BCUT2D eigenvalue weighted by molar-refractivity contribution is -0.158. The molecule has 432 valence electrons. The van der Waals surface area contributed by atoms with E-state index in [4.69, 9.17) is 18.9 Å². The quantitative estimate of drug-likeness (QED) is 0.0182. The molecule has 6 aromatic rings. The van der Waals surface area contributed by atoms with E-state index < -0.39 is 53.1 Å². The Labute approximate surface area is 486 Å². The molecule has 3 aliphatic rings. The number of carbonyl (C=O) groups is 6. The summed E-state index contributed by atoms with van der Waals surface area (Å²) in [6.07, 6.45) is 9.50. The molecule has 3 atom stereocenters. The standard InChI is InChI=1S/2C24H26O4.C22H22O5/c1-3-4-9-14-24(2,23(26)27)15-22(25)28-16-21-19-12-7-5-10-17(19)18-11-6-8-13-20(18)21;1-2-3-4-5-10-17(24(26)27)15-23(25)28-16-22-20-13-8-6-11-18(20)19-12-7-9-14-21(19)22;1-2-11-26-13-15(22(24)25)12-21(23)27-14-20-18-9-5-3-7-16(18)17-8-4-6-10-19(17)20/h3,5-8,10-13,21H,1,4,9,14-16H2,2H3,(H,26,27);2,6-9,11-14,17,22H,1,3-5,10,15-16H2,(H,26,27);2-10,15,20H,1,11-14H2,(H,24,25)/t24-;17-;15-/m110/s1. The Morgan fingerprint density at radius 3 is 1.14 bits per heavy atom. The fourth-order valence-corrected chi connectivity index (χ4v) is 11.1. The normalized spacial score (nSPS) is 13.8. The highest BCUT2D eigenvalue weighted by atomic mass is 16.5. The topological polar surface area (TPSA) is 200 Å². The van der Waals surface area contributed by atoms with Gasteiger partial charge in [-0.1, -0.05) is 170 Å². The molecule has 0 saturated carbocycles. The molecule has 0 radical (unpaired) electrons. The van der Waals surface area contributed by atoms with Crippen LogP contribution in [0.4, 0.5) is 0 Å². The molecule has 0 bridgehead atoms. The summed E-state index contributed by atoms with van der Waals surface area (Å²) in [6, 6.07) is 48.7. The second kappa shape index (κ2) is 30.4. The Morgan fingerprint density at radius 1 is 0.470 bits per heavy atom. The molecule has 83 heavy (non-hydrogen) atoms. The maximum Gasteiger partial charge on any atom is 0.309 e. The lowest BCUT2D eigenvalue weighted by Gasteiger charge is -2.24. The van der Waals surface area contributed by atoms with Crippen molar-refractivity contribution in [3.8, 4) is 33.4 Å². The van der Waals surface area contributed by atoms with Gasteiger partial charge in [-0.2, -0.15) is 0 Å². The predicted molar refractivity (Wildman–Crippen MR) is 320 cm³/mol. The Morgan fingerprint density at radius 2 is 0.807 bits per heavy atom. The number of fused-ring (bicyclic) bond motifs is 9. The number of esters is 3. The van der Waals surface area contributed by atoms with Crippen molar-refractivity contribution in [1.29, 1.82) is 0 Å². The molecule has 0 aromatic heterocycles. The van der Waals surface area contributed by atoms with Crippen molar-refractivity contribution in [2.75, 3.05) is 33.0 Å². The molecular weight excluding hydrogens is 1050 g/mol. The van der Waals surface area contributed by atoms with Crippen LogP contribution in [0.2, 0.25) is 0 Å². The summed E-state index contributed by atoms with van der Waals surface area (Å²) in [5.41, 5.74) is 12.7. The zero-order chi connectivity index (χ0) is 59.3. The zero-order valence-corrected chi connectivity index (χ0v) is 47.1. The fraction of sp³-hybridized carbons (Fsp3) is 0.314. The van der Waals surface area contributed by atoms with Crippen LogP contribution in [0.15, 0.2) is 184 Å². The smallest absolute Gasteiger partial charge is 0.309 e. The number of unbranched alkanes of at least 4 members (excludes halogenated alkanes) is 3. The third kappa shape index (κ3) is 16.1. The highest BCUT2D eigenvalue weighted by molar-refractivity contribution is 5.84. The monoisotopic (exact) mass is 1120 g/mol. The van der Waals surface area contributed by atoms with E-state index in [2.05, 4.69) is 80.4 Å². The number of hydrogen-bond acceptors (Lipinski definition) is 10. The maximum atomic E-state index is 12.5. The van der Waals surface area contributed by atoms with Crippen molar-refractivity contribution < 1.29 is 63.0 Å². The summed E-state index contributed by atoms with van der Waals surface area (Å²) in [5.74, 6) is -6.12. The van der Waals surface area contributed by atoms with E-state index in [9.17, 15) is 44.1 Å². The number of carboxylic acids is 3. The van der Waals surface area contributed by atoms with E-state index in [0.29, 0.717) is 19.3 Å². The molecule has 13 heteroatoms. The summed E-state index contributed by atoms with van der Waals surface area (Å²) in [6.45, 7) is 13.3. The van der Waals surface area contributed by atoms with Crippen LogP contribution in [0.3, 0.4) is 0 Å². The van der Waals surface area contributed by atoms with Crippen LogP contribution in [-0.2, 0) is 47.7 Å². The number of carboxylic acid groups (broad SMARTS) is 3. The van der Waals surface area contributed by atoms with E-state index >= 15 is 0 Å². The molecule has 0 heterocycles. The van der Waals surface area contributed by atoms with Gasteiger partial charge in [0, 0.05) is 17.8 Å². The van der Waals surface area contributed by atoms with Crippen molar-refractivity contribution >= 4 is 35.8 Å². The van der Waals surface area contributed by atoms with Gasteiger partial charge in [0.2, 0.25) is 0 Å². The van der Waals surface area contributed by atoms with Crippen LogP contribution in [-0.4, -0.2) is 84.2 Å². The molecule has 0 fully saturated rings. The molecule has 0 aliphatic heterocycles. The number of ether oxygens (including phenoxy) is 4. The SMILES string of the molecule is C=CCCCC[C@H](CC(=O)OCC1c2ccccc2-c2ccccc21)C(=O)O.C=CCCC[C@](C)(CC(=O)OCC1c2ccccc2-c2ccccc21)C(=O)O.C=CCOC[C@H](CC(=O)OCC1c2ccccc2-c2ccccc21)C(=O)O. The Bertz CT molecular complexity index is 3130. The minimum Gasteiger partial charge on any atom is -0.481 e. The van der Waals surface area contributed by atoms with Crippen molar-refractivity contribution in [3.63, 3.8) is 0 Å². The van der Waals surface area contributed by atoms with Crippen LogP contribution >= 0.6 is 0 Å². The van der Waals surface area contributed by atoms with E-state index in [1.165, 1.54) is 28.3 Å². The van der Waals surface area contributed by atoms with Gasteiger partial charge in [-0.05, 0) is 112 Å². The van der Waals surface area contributed by atoms with Gasteiger partial charge in [-0.25, -0.2) is 0 Å². The maximum absolute atomic E-state index is 12.5. The van der Waals surface area contributed by atoms with Crippen LogP contribution in [0.1, 0.15) is 122 Å². The summed E-state index contributed by atoms with van der Waals surface area (Å²) in [7, 11) is 0. The van der Waals surface area contributed by atoms with Crippen molar-refractivity contribution in [2.45, 2.75) is 88.9 Å². The Kier molecular flexibility index (Phi) is 22.7. The number of hydrogen-bond donors (Lipinski definition) is 3. The van der Waals surface area contributed by atoms with Crippen molar-refractivity contribution in [3.05, 3.63) is 217 Å². The molecule has 0 unspecified atom stereocenters. The van der Waals surface area contributed by atoms with E-state index in [-0.39, 0.29) is 70.1 Å². The number of benzene rings is 6. The molecule has 0 amide bonds. The van der Waals surface area contributed by atoms with Gasteiger partial charge in [0.1, 0.15) is 19.8 Å². The minimum absolute atomic E-state index is 0.00720. The van der Waals surface area contributed by atoms with E-state index in [0.717, 1.165) is 70.2 Å². The first kappa shape index (κ1) is 61.9. The van der Waals surface area contributed by atoms with Crippen molar-refractivity contribution in [1.82, 2.24) is 0 Å². The molecule has 3 aliphatic carbocycles. The van der Waals surface area contributed by atoms with E-state index in [1.54, 1.807) is 13.0 Å². The lowest BCUT2D eigenvalue weighted by atomic mass is 9.81. The van der Waals surface area contributed by atoms with E-state index in [1.807, 2.05) is 91.0 Å². The third-order valence-corrected chi connectivity index (χ3v) is 15.6. The Balaban J connectivity index is 0.000000179. The molecule has 9 rings (SSSR count). The van der Waals surface area contributed by atoms with Gasteiger partial charge in [-0.15, -0.1) is 19.7 Å². The number of rotatable bonds is 28. The summed E-state index contributed by atoms with van der Waals surface area (Å²) in [4.78, 5) is 71.5. The van der Waals surface area contributed by atoms with Gasteiger partial charge < -0.3 is 34.3 Å². The first-order valence-electron chi connectivity index (χ1n) is 28.3. The van der Waals surface area contributed by atoms with Crippen molar-refractivity contribution in [2.24, 2.45) is 17.3 Å². The average molecular weight is 1120 g/mol. The van der Waals surface area contributed by atoms with Crippen LogP contribution < -0.4 is 0 Å². The van der Waals surface area contributed by atoms with Gasteiger partial charge in [0.25, 0.3) is 0 Å². The summed E-state index contributed by atoms with van der Waals surface area (Å²) < 4.78 is 21.7. The molecule has 6 aromatic carbocycles. The first-order chi connectivity index (χ1) is 40.2. The van der Waals surface area contributed by atoms with Gasteiger partial charge in [0.15, 0.2) is 0 Å². The lowest BCUT2D eigenvalue weighted by Crippen LogP contribution is -2.31. The molecular formula is C70H74O13. The van der Waals surface area contributed by atoms with Gasteiger partial charge in [0.05, 0.1) is 49.7 Å². The highest BCUT2D eigenvalue weighted by Gasteiger charge is 2.37. The second-order valence-corrected chi connectivity index (χ2v) is 21.3. The van der Waals surface area contributed by atoms with Gasteiger partial charge >= 0.3 is 35.8 Å². The largest absolute Gasteiger partial charge is 0.481 e. The first-order valence-corrected chi connectivity index (χ1v) is 28.3. The fourth-order valence-electron chi connectivity index (χ4n) is 11.1. The highest BCUT2D eigenvalue weighted by Crippen LogP contribution is 2.47. The zero-order valence-electron chi connectivity index (χ0n) is 47.1. The Hall–Kier alpha value is -8.68. The third-order valence-electron chi connectivity index (χ3n) is 15.6. The molecule has 3 N–H and O–H groups in total. The molecule has 13 nitrogen and oxygen atoms in total. The number of carbonyl (C=O) groups excluding carboxylic acids is 3. The minimum atomic E-state index is -1.12. The summed E-state index contributed by atoms with van der Waals surface area (Å²) >= 11 is 0. The molecule has 0 spiro atoms. The number of allylic oxidation sites excluding steroid dienone is 2. The summed E-state index contributed by atoms with van der Waals surface area (Å²) in [5, 5.41) is 28.2. The average Bonchev–Trinajstić information content (AvgIpc) is 3.09. The van der Waals surface area contributed by atoms with Crippen LogP contribution in [0.5, 0.6) is 0 Å².